The van der Waals surface area contributed by atoms with Crippen LogP contribution in [-0.2, 0) is 22.7 Å². The number of likely N-dealkylation sites (N-methyl/N-ethyl adjacent to an activating group) is 1. The Morgan fingerprint density at radius 1 is 1.21 bits per heavy atom. The summed E-state index contributed by atoms with van der Waals surface area (Å²) in [5.41, 5.74) is -0.490. The van der Waals surface area contributed by atoms with Crippen molar-refractivity contribution in [2.24, 2.45) is 5.92 Å². The van der Waals surface area contributed by atoms with Crippen molar-refractivity contribution in [1.29, 1.82) is 0 Å². The second-order valence-electron chi connectivity index (χ2n) is 8.96. The van der Waals surface area contributed by atoms with Crippen molar-refractivity contribution in [3.05, 3.63) is 57.5 Å². The van der Waals surface area contributed by atoms with E-state index in [9.17, 15) is 28.7 Å². The molecule has 5 rings (SSSR count). The monoisotopic (exact) mass is 471 g/mol. The molecule has 1 aromatic carbocycles. The molecule has 180 valence electrons. The van der Waals surface area contributed by atoms with E-state index in [0.717, 1.165) is 6.42 Å². The van der Waals surface area contributed by atoms with Crippen LogP contribution in [0.4, 0.5) is 4.39 Å². The molecule has 2 aromatic rings. The lowest BCUT2D eigenvalue weighted by molar-refractivity contribution is -0.144. The highest BCUT2D eigenvalue weighted by Gasteiger charge is 2.41. The maximum Gasteiger partial charge on any atom is 0.311 e. The van der Waals surface area contributed by atoms with Crippen LogP contribution in [0.25, 0.3) is 0 Å². The number of rotatable bonds is 4. The molecular weight excluding hydrogens is 445 g/mol. The van der Waals surface area contributed by atoms with Gasteiger partial charge in [-0.1, -0.05) is 12.1 Å². The van der Waals surface area contributed by atoms with Gasteiger partial charge in [0.05, 0.1) is 0 Å². The fourth-order valence-electron chi connectivity index (χ4n) is 4.63. The molecule has 3 atom stereocenters. The van der Waals surface area contributed by atoms with Crippen LogP contribution in [0.5, 0.6) is 5.75 Å². The smallest absolute Gasteiger partial charge is 0.311 e. The van der Waals surface area contributed by atoms with Gasteiger partial charge in [0, 0.05) is 39.1 Å². The lowest BCUT2D eigenvalue weighted by Crippen LogP contribution is -2.48. The number of nitrogens with zero attached hydrogens (tertiary/aromatic N) is 3. The zero-order valence-corrected chi connectivity index (χ0v) is 18.9. The first-order chi connectivity index (χ1) is 16.2. The number of carbonyl (C=O) groups is 3. The van der Waals surface area contributed by atoms with Crippen LogP contribution >= 0.6 is 0 Å². The summed E-state index contributed by atoms with van der Waals surface area (Å²) in [5, 5.41) is 15.8. The summed E-state index contributed by atoms with van der Waals surface area (Å²) in [6.07, 6.45) is 1.95. The molecule has 34 heavy (non-hydrogen) atoms. The number of aromatic nitrogens is 2. The van der Waals surface area contributed by atoms with Gasteiger partial charge in [0.25, 0.3) is 11.5 Å². The minimum Gasteiger partial charge on any atom is -0.501 e. The maximum absolute atomic E-state index is 13.1. The van der Waals surface area contributed by atoms with E-state index >= 15 is 0 Å². The quantitative estimate of drug-likeness (QED) is 0.556. The Labute approximate surface area is 194 Å². The molecular formula is C23H26FN5O5. The van der Waals surface area contributed by atoms with Crippen molar-refractivity contribution in [2.45, 2.75) is 44.3 Å². The number of nitrogens with one attached hydrogen (secondary N) is 2. The third-order valence-corrected chi connectivity index (χ3v) is 6.40. The van der Waals surface area contributed by atoms with Crippen molar-refractivity contribution in [3.63, 3.8) is 0 Å². The standard InChI is InChI=1S/C23H26FN5O5/c1-28(2)23(34)21(32)26-16-9-13-5-8-15(16)19-27-17(18(30)22(33)29(19)11-13)20(31)25-10-12-3-6-14(24)7-4-12/h3-4,6-7,13,15-16,30H,5,8-11H2,1-2H3,(H,25,31)(H,26,32). The van der Waals surface area contributed by atoms with E-state index < -0.39 is 52.5 Å². The lowest BCUT2D eigenvalue weighted by atomic mass is 9.79. The molecule has 3 heterocycles. The molecule has 0 spiro atoms. The van der Waals surface area contributed by atoms with Crippen LogP contribution in [-0.4, -0.2) is 57.4 Å². The van der Waals surface area contributed by atoms with Gasteiger partial charge in [0.1, 0.15) is 11.6 Å². The number of amides is 3. The first-order valence-corrected chi connectivity index (χ1v) is 11.0. The Morgan fingerprint density at radius 3 is 2.59 bits per heavy atom. The zero-order valence-electron chi connectivity index (χ0n) is 18.9. The van der Waals surface area contributed by atoms with Gasteiger partial charge < -0.3 is 20.6 Å². The van der Waals surface area contributed by atoms with Crippen LogP contribution in [0.2, 0.25) is 0 Å². The van der Waals surface area contributed by atoms with E-state index in [-0.39, 0.29) is 12.5 Å². The van der Waals surface area contributed by atoms with Crippen molar-refractivity contribution < 1.29 is 23.9 Å². The van der Waals surface area contributed by atoms with E-state index in [4.69, 9.17) is 0 Å². The summed E-state index contributed by atoms with van der Waals surface area (Å²) < 4.78 is 14.5. The average Bonchev–Trinajstić information content (AvgIpc) is 3.08. The summed E-state index contributed by atoms with van der Waals surface area (Å²) in [4.78, 5) is 55.7. The Bertz CT molecular complexity index is 1190. The SMILES string of the molecule is CN(C)C(=O)C(=O)NC1CC2CCC1c1nc(C(=O)NCc3ccc(F)cc3)c(O)c(=O)n1C2. The highest BCUT2D eigenvalue weighted by Crippen LogP contribution is 2.39. The topological polar surface area (TPSA) is 134 Å². The van der Waals surface area contributed by atoms with E-state index in [1.165, 1.54) is 47.8 Å². The van der Waals surface area contributed by atoms with Gasteiger partial charge in [-0.25, -0.2) is 9.37 Å². The number of benzene rings is 1. The minimum atomic E-state index is -0.746. The predicted octanol–water partition coefficient (Wildman–Crippen LogP) is 0.488. The molecule has 2 bridgehead atoms. The zero-order chi connectivity index (χ0) is 24.6. The number of carbonyl (C=O) groups excluding carboxylic acids is 3. The Kier molecular flexibility index (Phi) is 6.36. The van der Waals surface area contributed by atoms with Crippen LogP contribution in [0, 0.1) is 11.7 Å². The van der Waals surface area contributed by atoms with Crippen LogP contribution in [0.15, 0.2) is 29.1 Å². The van der Waals surface area contributed by atoms with Crippen molar-refractivity contribution >= 4 is 17.7 Å². The fourth-order valence-corrected chi connectivity index (χ4v) is 4.63. The van der Waals surface area contributed by atoms with Gasteiger partial charge in [-0.05, 0) is 42.9 Å². The minimum absolute atomic E-state index is 0.0503. The number of fused-ring (bicyclic) bond motifs is 2. The molecule has 1 fully saturated rings. The number of hydrogen-bond donors (Lipinski definition) is 3. The van der Waals surface area contributed by atoms with E-state index in [2.05, 4.69) is 15.6 Å². The summed E-state index contributed by atoms with van der Waals surface area (Å²) in [6, 6.07) is 5.11. The molecule has 1 aliphatic carbocycles. The van der Waals surface area contributed by atoms with Crippen molar-refractivity contribution in [3.8, 4) is 5.75 Å². The highest BCUT2D eigenvalue weighted by molar-refractivity contribution is 6.34. The second-order valence-corrected chi connectivity index (χ2v) is 8.96. The van der Waals surface area contributed by atoms with Crippen LogP contribution in [0.3, 0.4) is 0 Å². The Hall–Kier alpha value is -3.76. The third kappa shape index (κ3) is 4.50. The maximum atomic E-state index is 13.1. The second kappa shape index (κ2) is 9.24. The lowest BCUT2D eigenvalue weighted by Gasteiger charge is -2.32. The van der Waals surface area contributed by atoms with E-state index in [1.807, 2.05) is 0 Å². The Balaban J connectivity index is 1.61. The highest BCUT2D eigenvalue weighted by atomic mass is 19.1. The van der Waals surface area contributed by atoms with Crippen molar-refractivity contribution in [1.82, 2.24) is 25.1 Å². The van der Waals surface area contributed by atoms with Gasteiger partial charge in [0.15, 0.2) is 5.69 Å². The van der Waals surface area contributed by atoms with Gasteiger partial charge in [-0.15, -0.1) is 0 Å². The number of halogens is 1. The van der Waals surface area contributed by atoms with Gasteiger partial charge in [-0.3, -0.25) is 23.7 Å². The molecule has 3 aliphatic rings. The molecule has 0 radical (unpaired) electrons. The summed E-state index contributed by atoms with van der Waals surface area (Å²) >= 11 is 0. The summed E-state index contributed by atoms with van der Waals surface area (Å²) in [5.74, 6) is -3.36. The number of hydrogen-bond acceptors (Lipinski definition) is 6. The van der Waals surface area contributed by atoms with Crippen molar-refractivity contribution in [2.75, 3.05) is 14.1 Å². The third-order valence-electron chi connectivity index (χ3n) is 6.40. The van der Waals surface area contributed by atoms with E-state index in [0.29, 0.717) is 30.8 Å². The first-order valence-electron chi connectivity index (χ1n) is 11.0. The van der Waals surface area contributed by atoms with E-state index in [1.54, 1.807) is 0 Å². The molecule has 3 unspecified atom stereocenters. The fraction of sp³-hybridized carbons (Fsp3) is 0.435. The first kappa shape index (κ1) is 23.4. The number of aromatic hydroxyl groups is 1. The largest absolute Gasteiger partial charge is 0.501 e. The molecule has 3 N–H and O–H groups in total. The summed E-state index contributed by atoms with van der Waals surface area (Å²) in [6.45, 7) is 0.353. The molecule has 1 saturated carbocycles. The van der Waals surface area contributed by atoms with Crippen LogP contribution < -0.4 is 16.2 Å². The predicted molar refractivity (Wildman–Crippen MR) is 118 cm³/mol. The normalized spacial score (nSPS) is 20.7. The summed E-state index contributed by atoms with van der Waals surface area (Å²) in [7, 11) is 2.97. The molecule has 2 aliphatic heterocycles. The molecule has 10 nitrogen and oxygen atoms in total. The average molecular weight is 471 g/mol. The molecule has 1 aromatic heterocycles. The molecule has 3 amide bonds. The van der Waals surface area contributed by atoms with Gasteiger partial charge >= 0.3 is 11.8 Å². The van der Waals surface area contributed by atoms with Gasteiger partial charge in [-0.2, -0.15) is 0 Å². The molecule has 11 heteroatoms. The Morgan fingerprint density at radius 2 is 1.91 bits per heavy atom. The molecule has 0 saturated heterocycles. The van der Waals surface area contributed by atoms with Gasteiger partial charge in [0.2, 0.25) is 5.75 Å². The van der Waals surface area contributed by atoms with Crippen LogP contribution in [0.1, 0.15) is 47.1 Å².